The van der Waals surface area contributed by atoms with E-state index in [9.17, 15) is 5.11 Å². The van der Waals surface area contributed by atoms with E-state index in [0.29, 0.717) is 26.1 Å². The molecule has 1 rings (SSSR count). The summed E-state index contributed by atoms with van der Waals surface area (Å²) in [5.74, 6) is 0.722. The van der Waals surface area contributed by atoms with Gasteiger partial charge in [0.05, 0.1) is 25.2 Å². The number of hydrogen-bond acceptors (Lipinski definition) is 5. The number of aromatic nitrogens is 1. The molecular weight excluding hydrogens is 230 g/mol. The van der Waals surface area contributed by atoms with E-state index in [1.54, 1.807) is 26.3 Å². The highest BCUT2D eigenvalue weighted by Gasteiger charge is 2.15. The van der Waals surface area contributed by atoms with E-state index >= 15 is 0 Å². The SMILES string of the molecule is COCCN(CCC#N)c1ncccc1[C@@H](C)O. The minimum Gasteiger partial charge on any atom is -0.389 e. The van der Waals surface area contributed by atoms with E-state index in [1.807, 2.05) is 11.0 Å². The lowest BCUT2D eigenvalue weighted by molar-refractivity contribution is 0.196. The number of hydrogen-bond donors (Lipinski definition) is 1. The summed E-state index contributed by atoms with van der Waals surface area (Å²) in [6.45, 7) is 3.49. The van der Waals surface area contributed by atoms with E-state index in [2.05, 4.69) is 11.1 Å². The Labute approximate surface area is 108 Å². The molecule has 5 heteroatoms. The van der Waals surface area contributed by atoms with Gasteiger partial charge in [-0.05, 0) is 13.0 Å². The van der Waals surface area contributed by atoms with Gasteiger partial charge >= 0.3 is 0 Å². The zero-order chi connectivity index (χ0) is 13.4. The third-order valence-electron chi connectivity index (χ3n) is 2.63. The summed E-state index contributed by atoms with van der Waals surface area (Å²) in [7, 11) is 1.64. The zero-order valence-electron chi connectivity index (χ0n) is 10.8. The lowest BCUT2D eigenvalue weighted by Crippen LogP contribution is -2.30. The summed E-state index contributed by atoms with van der Waals surface area (Å²) in [6.07, 6.45) is 1.52. The fraction of sp³-hybridized carbons (Fsp3) is 0.538. The molecule has 0 unspecified atom stereocenters. The van der Waals surface area contributed by atoms with Crippen LogP contribution in [0, 0.1) is 11.3 Å². The van der Waals surface area contributed by atoms with Crippen molar-refractivity contribution in [1.29, 1.82) is 5.26 Å². The minimum absolute atomic E-state index is 0.416. The van der Waals surface area contributed by atoms with E-state index in [-0.39, 0.29) is 0 Å². The summed E-state index contributed by atoms with van der Waals surface area (Å²) in [6, 6.07) is 5.76. The molecule has 0 bridgehead atoms. The number of rotatable bonds is 7. The Morgan fingerprint density at radius 1 is 1.56 bits per heavy atom. The lowest BCUT2D eigenvalue weighted by atomic mass is 10.1. The predicted molar refractivity (Wildman–Crippen MR) is 69.2 cm³/mol. The van der Waals surface area contributed by atoms with Crippen molar-refractivity contribution in [2.75, 3.05) is 31.7 Å². The van der Waals surface area contributed by atoms with Crippen LogP contribution in [0.1, 0.15) is 25.0 Å². The highest BCUT2D eigenvalue weighted by Crippen LogP contribution is 2.23. The minimum atomic E-state index is -0.583. The molecule has 0 aliphatic carbocycles. The second kappa shape index (κ2) is 7.64. The van der Waals surface area contributed by atoms with Crippen LogP contribution in [0.4, 0.5) is 5.82 Å². The van der Waals surface area contributed by atoms with Gasteiger partial charge in [-0.1, -0.05) is 6.07 Å². The van der Waals surface area contributed by atoms with Crippen LogP contribution < -0.4 is 4.90 Å². The third kappa shape index (κ3) is 3.99. The van der Waals surface area contributed by atoms with Crippen LogP contribution >= 0.6 is 0 Å². The Morgan fingerprint density at radius 2 is 2.33 bits per heavy atom. The number of anilines is 1. The molecular formula is C13H19N3O2. The van der Waals surface area contributed by atoms with Crippen LogP contribution in [0.2, 0.25) is 0 Å². The number of pyridine rings is 1. The van der Waals surface area contributed by atoms with Crippen molar-refractivity contribution in [3.05, 3.63) is 23.9 Å². The molecule has 0 saturated carbocycles. The van der Waals surface area contributed by atoms with Crippen LogP contribution in [0.3, 0.4) is 0 Å². The van der Waals surface area contributed by atoms with Gasteiger partial charge in [-0.2, -0.15) is 5.26 Å². The Balaban J connectivity index is 2.92. The predicted octanol–water partition coefficient (Wildman–Crippen LogP) is 1.50. The van der Waals surface area contributed by atoms with Crippen LogP contribution in [0.25, 0.3) is 0 Å². The molecule has 0 aliphatic heterocycles. The lowest BCUT2D eigenvalue weighted by Gasteiger charge is -2.25. The van der Waals surface area contributed by atoms with Gasteiger partial charge in [0, 0.05) is 32.0 Å². The third-order valence-corrected chi connectivity index (χ3v) is 2.63. The van der Waals surface area contributed by atoms with Crippen molar-refractivity contribution in [1.82, 2.24) is 4.98 Å². The van der Waals surface area contributed by atoms with Gasteiger partial charge in [0.25, 0.3) is 0 Å². The standard InChI is InChI=1S/C13H19N3O2/c1-11(17)12-5-3-7-15-13(12)16(8-4-6-14)9-10-18-2/h3,5,7,11,17H,4,8-10H2,1-2H3/t11-/m1/s1. The van der Waals surface area contributed by atoms with E-state index in [1.165, 1.54) is 0 Å². The summed E-state index contributed by atoms with van der Waals surface area (Å²) in [4.78, 5) is 6.27. The largest absolute Gasteiger partial charge is 0.389 e. The van der Waals surface area contributed by atoms with Gasteiger partial charge in [0.15, 0.2) is 0 Å². The normalized spacial score (nSPS) is 11.9. The summed E-state index contributed by atoms with van der Waals surface area (Å²) in [5.41, 5.74) is 0.770. The Kier molecular flexibility index (Phi) is 6.12. The first-order valence-corrected chi connectivity index (χ1v) is 5.94. The van der Waals surface area contributed by atoms with Crippen molar-refractivity contribution in [2.45, 2.75) is 19.4 Å². The number of nitrogens with zero attached hydrogens (tertiary/aromatic N) is 3. The van der Waals surface area contributed by atoms with Crippen molar-refractivity contribution in [2.24, 2.45) is 0 Å². The zero-order valence-corrected chi connectivity index (χ0v) is 10.8. The highest BCUT2D eigenvalue weighted by molar-refractivity contribution is 5.47. The second-order valence-electron chi connectivity index (χ2n) is 3.98. The van der Waals surface area contributed by atoms with Gasteiger partial charge in [-0.3, -0.25) is 0 Å². The number of nitriles is 1. The van der Waals surface area contributed by atoms with E-state index < -0.39 is 6.10 Å². The molecule has 18 heavy (non-hydrogen) atoms. The highest BCUT2D eigenvalue weighted by atomic mass is 16.5. The fourth-order valence-corrected chi connectivity index (χ4v) is 1.71. The molecule has 1 heterocycles. The van der Waals surface area contributed by atoms with Crippen LogP contribution in [0.5, 0.6) is 0 Å². The van der Waals surface area contributed by atoms with Crippen LogP contribution in [-0.4, -0.2) is 36.9 Å². The number of aliphatic hydroxyl groups is 1. The number of aliphatic hydroxyl groups excluding tert-OH is 1. The van der Waals surface area contributed by atoms with Gasteiger partial charge in [-0.25, -0.2) is 4.98 Å². The smallest absolute Gasteiger partial charge is 0.134 e. The number of ether oxygens (including phenoxy) is 1. The second-order valence-corrected chi connectivity index (χ2v) is 3.98. The summed E-state index contributed by atoms with van der Waals surface area (Å²) >= 11 is 0. The number of methoxy groups -OCH3 is 1. The molecule has 1 N–H and O–H groups in total. The Hall–Kier alpha value is -1.64. The molecule has 0 spiro atoms. The summed E-state index contributed by atoms with van der Waals surface area (Å²) < 4.78 is 5.06. The quantitative estimate of drug-likeness (QED) is 0.793. The van der Waals surface area contributed by atoms with Crippen molar-refractivity contribution < 1.29 is 9.84 Å². The molecule has 1 aromatic rings. The maximum absolute atomic E-state index is 9.74. The molecule has 98 valence electrons. The molecule has 0 fully saturated rings. The first-order valence-electron chi connectivity index (χ1n) is 5.94. The van der Waals surface area contributed by atoms with Gasteiger partial charge in [0.1, 0.15) is 5.82 Å². The molecule has 1 aromatic heterocycles. The van der Waals surface area contributed by atoms with E-state index in [4.69, 9.17) is 10.00 Å². The maximum Gasteiger partial charge on any atom is 0.134 e. The van der Waals surface area contributed by atoms with Gasteiger partial charge < -0.3 is 14.7 Å². The molecule has 0 amide bonds. The average molecular weight is 249 g/mol. The first-order chi connectivity index (χ1) is 8.70. The molecule has 1 atom stereocenters. The monoisotopic (exact) mass is 249 g/mol. The van der Waals surface area contributed by atoms with E-state index in [0.717, 1.165) is 11.4 Å². The fourth-order valence-electron chi connectivity index (χ4n) is 1.71. The first kappa shape index (κ1) is 14.4. The molecule has 0 radical (unpaired) electrons. The molecule has 0 aromatic carbocycles. The molecule has 5 nitrogen and oxygen atoms in total. The topological polar surface area (TPSA) is 69.4 Å². The van der Waals surface area contributed by atoms with Crippen molar-refractivity contribution in [3.8, 4) is 6.07 Å². The van der Waals surface area contributed by atoms with Crippen molar-refractivity contribution >= 4 is 5.82 Å². The van der Waals surface area contributed by atoms with Gasteiger partial charge in [0.2, 0.25) is 0 Å². The van der Waals surface area contributed by atoms with Crippen molar-refractivity contribution in [3.63, 3.8) is 0 Å². The maximum atomic E-state index is 9.74. The Morgan fingerprint density at radius 3 is 2.94 bits per heavy atom. The average Bonchev–Trinajstić information content (AvgIpc) is 2.39. The Bertz CT molecular complexity index is 401. The molecule has 0 saturated heterocycles. The summed E-state index contributed by atoms with van der Waals surface area (Å²) in [5, 5.41) is 18.4. The molecule has 0 aliphatic rings. The van der Waals surface area contributed by atoms with Crippen LogP contribution in [0.15, 0.2) is 18.3 Å². The van der Waals surface area contributed by atoms with Gasteiger partial charge in [-0.15, -0.1) is 0 Å². The van der Waals surface area contributed by atoms with Crippen LogP contribution in [-0.2, 0) is 4.74 Å².